The second-order valence-electron chi connectivity index (χ2n) is 2.03. The minimum Gasteiger partial charge on any atom is -0.407 e. The molecule has 60 valence electrons. The van der Waals surface area contributed by atoms with Gasteiger partial charge in [0, 0.05) is 6.54 Å². The zero-order valence-electron chi connectivity index (χ0n) is 6.30. The molecule has 2 nitrogen and oxygen atoms in total. The molecule has 0 aliphatic heterocycles. The van der Waals surface area contributed by atoms with Crippen molar-refractivity contribution in [2.45, 2.75) is 6.92 Å². The van der Waals surface area contributed by atoms with Crippen LogP contribution >= 0.6 is 11.6 Å². The van der Waals surface area contributed by atoms with Gasteiger partial charge in [0.25, 0.3) is 0 Å². The van der Waals surface area contributed by atoms with Crippen molar-refractivity contribution in [3.63, 3.8) is 0 Å². The van der Waals surface area contributed by atoms with Crippen LogP contribution in [0.2, 0.25) is 5.02 Å². The van der Waals surface area contributed by atoms with Gasteiger partial charge in [-0.1, -0.05) is 23.7 Å². The lowest BCUT2D eigenvalue weighted by molar-refractivity contribution is 0.202. The highest BCUT2D eigenvalue weighted by atomic mass is 35.5. The molecule has 0 heterocycles. The summed E-state index contributed by atoms with van der Waals surface area (Å²) in [6.07, 6.45) is 0. The maximum absolute atomic E-state index is 5.79. The molecule has 0 aliphatic carbocycles. The van der Waals surface area contributed by atoms with Gasteiger partial charge in [0.15, 0.2) is 5.75 Å². The predicted octanol–water partition coefficient (Wildman–Crippen LogP) is 2.24. The zero-order valence-corrected chi connectivity index (χ0v) is 7.06. The molecule has 1 rings (SSSR count). The maximum Gasteiger partial charge on any atom is 0.165 e. The number of hydrogen-bond acceptors (Lipinski definition) is 2. The molecule has 0 radical (unpaired) electrons. The zero-order chi connectivity index (χ0) is 8.10. The number of para-hydroxylation sites is 1. The van der Waals surface area contributed by atoms with Crippen LogP contribution in [0.4, 0.5) is 0 Å². The van der Waals surface area contributed by atoms with Crippen molar-refractivity contribution in [1.29, 1.82) is 0 Å². The van der Waals surface area contributed by atoms with E-state index in [-0.39, 0.29) is 0 Å². The summed E-state index contributed by atoms with van der Waals surface area (Å²) in [4.78, 5) is 5.10. The van der Waals surface area contributed by atoms with Crippen molar-refractivity contribution < 1.29 is 4.84 Å². The quantitative estimate of drug-likeness (QED) is 0.705. The van der Waals surface area contributed by atoms with Gasteiger partial charge in [-0.2, -0.15) is 5.48 Å². The van der Waals surface area contributed by atoms with Crippen LogP contribution in [0.5, 0.6) is 5.75 Å². The van der Waals surface area contributed by atoms with E-state index in [0.717, 1.165) is 6.54 Å². The SMILES string of the molecule is CCNOc1ccccc1Cl. The molecule has 0 amide bonds. The Labute approximate surface area is 71.1 Å². The molecule has 0 spiro atoms. The van der Waals surface area contributed by atoms with E-state index < -0.39 is 0 Å². The van der Waals surface area contributed by atoms with Crippen LogP contribution in [0, 0.1) is 0 Å². The third kappa shape index (κ3) is 2.41. The van der Waals surface area contributed by atoms with Crippen LogP contribution in [0.3, 0.4) is 0 Å². The lowest BCUT2D eigenvalue weighted by Crippen LogP contribution is -2.17. The van der Waals surface area contributed by atoms with Crippen molar-refractivity contribution in [1.82, 2.24) is 5.48 Å². The average Bonchev–Trinajstić information content (AvgIpc) is 2.03. The normalized spacial score (nSPS) is 9.64. The predicted molar refractivity (Wildman–Crippen MR) is 45.8 cm³/mol. The molecule has 3 heteroatoms. The number of benzene rings is 1. The van der Waals surface area contributed by atoms with Crippen molar-refractivity contribution in [3.05, 3.63) is 29.3 Å². The Bertz CT molecular complexity index is 227. The van der Waals surface area contributed by atoms with Gasteiger partial charge in [-0.15, -0.1) is 0 Å². The molecular weight excluding hydrogens is 162 g/mol. The van der Waals surface area contributed by atoms with E-state index in [4.69, 9.17) is 16.4 Å². The first-order valence-electron chi connectivity index (χ1n) is 3.49. The Morgan fingerprint density at radius 1 is 1.45 bits per heavy atom. The Hall–Kier alpha value is -0.730. The summed E-state index contributed by atoms with van der Waals surface area (Å²) in [7, 11) is 0. The van der Waals surface area contributed by atoms with Crippen LogP contribution in [-0.2, 0) is 0 Å². The molecule has 0 fully saturated rings. The van der Waals surface area contributed by atoms with Crippen molar-refractivity contribution >= 4 is 11.6 Å². The van der Waals surface area contributed by atoms with Crippen LogP contribution in [0.15, 0.2) is 24.3 Å². The Balaban J connectivity index is 2.62. The highest BCUT2D eigenvalue weighted by molar-refractivity contribution is 6.32. The number of nitrogens with one attached hydrogen (secondary N) is 1. The molecule has 0 saturated heterocycles. The molecule has 0 bridgehead atoms. The fraction of sp³-hybridized carbons (Fsp3) is 0.250. The van der Waals surface area contributed by atoms with E-state index in [2.05, 4.69) is 5.48 Å². The molecular formula is C8H10ClNO. The van der Waals surface area contributed by atoms with E-state index in [1.54, 1.807) is 6.07 Å². The molecule has 0 aliphatic rings. The van der Waals surface area contributed by atoms with E-state index >= 15 is 0 Å². The van der Waals surface area contributed by atoms with Gasteiger partial charge in [-0.25, -0.2) is 0 Å². The molecule has 0 aromatic heterocycles. The maximum atomic E-state index is 5.79. The smallest absolute Gasteiger partial charge is 0.165 e. The Morgan fingerprint density at radius 3 is 2.82 bits per heavy atom. The van der Waals surface area contributed by atoms with Gasteiger partial charge < -0.3 is 4.84 Å². The Kier molecular flexibility index (Phi) is 3.20. The lowest BCUT2D eigenvalue weighted by atomic mass is 10.3. The first kappa shape index (κ1) is 8.37. The van der Waals surface area contributed by atoms with Crippen LogP contribution in [0.1, 0.15) is 6.92 Å². The third-order valence-corrected chi connectivity index (χ3v) is 1.48. The highest BCUT2D eigenvalue weighted by Gasteiger charge is 1.96. The van der Waals surface area contributed by atoms with Crippen LogP contribution in [0.25, 0.3) is 0 Å². The van der Waals surface area contributed by atoms with Gasteiger partial charge in [-0.3, -0.25) is 0 Å². The average molecular weight is 172 g/mol. The van der Waals surface area contributed by atoms with Gasteiger partial charge in [0.2, 0.25) is 0 Å². The van der Waals surface area contributed by atoms with Crippen molar-refractivity contribution in [3.8, 4) is 5.75 Å². The van der Waals surface area contributed by atoms with E-state index in [1.165, 1.54) is 0 Å². The monoisotopic (exact) mass is 171 g/mol. The number of halogens is 1. The summed E-state index contributed by atoms with van der Waals surface area (Å²) in [6, 6.07) is 7.33. The highest BCUT2D eigenvalue weighted by Crippen LogP contribution is 2.21. The van der Waals surface area contributed by atoms with Gasteiger partial charge in [-0.05, 0) is 19.1 Å². The second-order valence-corrected chi connectivity index (χ2v) is 2.44. The lowest BCUT2D eigenvalue weighted by Gasteiger charge is -2.05. The summed E-state index contributed by atoms with van der Waals surface area (Å²) in [5.74, 6) is 0.663. The fourth-order valence-electron chi connectivity index (χ4n) is 0.677. The molecule has 11 heavy (non-hydrogen) atoms. The molecule has 1 aromatic rings. The topological polar surface area (TPSA) is 21.3 Å². The molecule has 0 saturated carbocycles. The summed E-state index contributed by atoms with van der Waals surface area (Å²) in [6.45, 7) is 2.71. The summed E-state index contributed by atoms with van der Waals surface area (Å²) >= 11 is 5.79. The first-order valence-corrected chi connectivity index (χ1v) is 3.86. The minimum absolute atomic E-state index is 0.619. The van der Waals surface area contributed by atoms with E-state index in [9.17, 15) is 0 Å². The summed E-state index contributed by atoms with van der Waals surface area (Å²) < 4.78 is 0. The standard InChI is InChI=1S/C8H10ClNO/c1-2-10-11-8-6-4-3-5-7(8)9/h3-6,10H,2H2,1H3. The molecule has 1 aromatic carbocycles. The largest absolute Gasteiger partial charge is 0.407 e. The van der Waals surface area contributed by atoms with E-state index in [1.807, 2.05) is 25.1 Å². The first-order chi connectivity index (χ1) is 5.34. The number of rotatable bonds is 3. The molecule has 1 N–H and O–H groups in total. The summed E-state index contributed by atoms with van der Waals surface area (Å²) in [5, 5.41) is 0.619. The van der Waals surface area contributed by atoms with Gasteiger partial charge >= 0.3 is 0 Å². The summed E-state index contributed by atoms with van der Waals surface area (Å²) in [5.41, 5.74) is 2.72. The Morgan fingerprint density at radius 2 is 2.18 bits per heavy atom. The van der Waals surface area contributed by atoms with Crippen LogP contribution < -0.4 is 10.3 Å². The van der Waals surface area contributed by atoms with Crippen molar-refractivity contribution in [2.75, 3.05) is 6.54 Å². The number of hydrogen-bond donors (Lipinski definition) is 1. The molecule has 0 atom stereocenters. The number of hydroxylamine groups is 1. The van der Waals surface area contributed by atoms with Gasteiger partial charge in [0.1, 0.15) is 0 Å². The van der Waals surface area contributed by atoms with Crippen LogP contribution in [-0.4, -0.2) is 6.54 Å². The minimum atomic E-state index is 0.619. The van der Waals surface area contributed by atoms with E-state index in [0.29, 0.717) is 10.8 Å². The van der Waals surface area contributed by atoms with Gasteiger partial charge in [0.05, 0.1) is 5.02 Å². The fourth-order valence-corrected chi connectivity index (χ4v) is 0.852. The third-order valence-electron chi connectivity index (χ3n) is 1.16. The van der Waals surface area contributed by atoms with Crippen molar-refractivity contribution in [2.24, 2.45) is 0 Å². The second kappa shape index (κ2) is 4.21. The molecule has 0 unspecified atom stereocenters.